The summed E-state index contributed by atoms with van der Waals surface area (Å²) in [5, 5.41) is 11.9. The number of nitrogens with one attached hydrogen (secondary N) is 1. The van der Waals surface area contributed by atoms with Crippen molar-refractivity contribution in [2.75, 3.05) is 19.6 Å². The summed E-state index contributed by atoms with van der Waals surface area (Å²) in [6, 6.07) is 3.67. The highest BCUT2D eigenvalue weighted by Gasteiger charge is 2.24. The molecule has 1 unspecified atom stereocenters. The number of rotatable bonds is 6. The average Bonchev–Trinajstić information content (AvgIpc) is 3.04. The number of hydrogen-bond acceptors (Lipinski definition) is 3. The van der Waals surface area contributed by atoms with Crippen LogP contribution in [0.15, 0.2) is 18.3 Å². The molecule has 2 heterocycles. The second kappa shape index (κ2) is 6.76. The molecule has 1 aliphatic rings. The van der Waals surface area contributed by atoms with Gasteiger partial charge in [-0.3, -0.25) is 4.79 Å². The molecule has 6 heteroatoms. The summed E-state index contributed by atoms with van der Waals surface area (Å²) >= 11 is 0. The van der Waals surface area contributed by atoms with Crippen LogP contribution in [-0.2, 0) is 11.3 Å². The van der Waals surface area contributed by atoms with Crippen molar-refractivity contribution in [1.29, 1.82) is 0 Å². The zero-order valence-electron chi connectivity index (χ0n) is 12.6. The van der Waals surface area contributed by atoms with Gasteiger partial charge in [-0.25, -0.2) is 4.79 Å². The van der Waals surface area contributed by atoms with Gasteiger partial charge >= 0.3 is 5.97 Å². The predicted molar refractivity (Wildman–Crippen MR) is 79.2 cm³/mol. The van der Waals surface area contributed by atoms with E-state index in [9.17, 15) is 9.59 Å². The van der Waals surface area contributed by atoms with E-state index in [1.165, 1.54) is 10.6 Å². The van der Waals surface area contributed by atoms with Crippen LogP contribution in [0.25, 0.3) is 0 Å². The van der Waals surface area contributed by atoms with Crippen molar-refractivity contribution in [3.8, 4) is 0 Å². The second-order valence-electron chi connectivity index (χ2n) is 5.87. The molecule has 1 fully saturated rings. The van der Waals surface area contributed by atoms with Gasteiger partial charge < -0.3 is 19.9 Å². The number of carbonyl (C=O) groups excluding carboxylic acids is 1. The molecule has 116 valence electrons. The Morgan fingerprint density at radius 2 is 2.24 bits per heavy atom. The van der Waals surface area contributed by atoms with E-state index in [0.717, 1.165) is 19.5 Å². The standard InChI is InChI=1S/C15H23N3O3/c1-11(2)17-7-5-12(9-17)8-16-14(19)10-18-6-3-4-13(18)15(20)21/h3-4,6,11-12H,5,7-10H2,1-2H3,(H,16,19)(H,20,21). The van der Waals surface area contributed by atoms with Gasteiger partial charge in [-0.2, -0.15) is 0 Å². The third-order valence-corrected chi connectivity index (χ3v) is 4.00. The highest BCUT2D eigenvalue weighted by molar-refractivity contribution is 5.86. The van der Waals surface area contributed by atoms with E-state index in [1.54, 1.807) is 12.3 Å². The molecular formula is C15H23N3O3. The van der Waals surface area contributed by atoms with E-state index >= 15 is 0 Å². The van der Waals surface area contributed by atoms with Gasteiger partial charge in [-0.05, 0) is 44.9 Å². The molecule has 2 N–H and O–H groups in total. The van der Waals surface area contributed by atoms with E-state index in [4.69, 9.17) is 5.11 Å². The van der Waals surface area contributed by atoms with E-state index in [1.807, 2.05) is 0 Å². The molecule has 0 saturated carbocycles. The molecule has 0 bridgehead atoms. The van der Waals surface area contributed by atoms with Crippen LogP contribution in [0.1, 0.15) is 30.8 Å². The van der Waals surface area contributed by atoms with Crippen LogP contribution in [0.5, 0.6) is 0 Å². The average molecular weight is 293 g/mol. The van der Waals surface area contributed by atoms with Gasteiger partial charge in [-0.15, -0.1) is 0 Å². The first-order valence-corrected chi connectivity index (χ1v) is 7.36. The fraction of sp³-hybridized carbons (Fsp3) is 0.600. The Morgan fingerprint density at radius 1 is 1.48 bits per heavy atom. The van der Waals surface area contributed by atoms with Gasteiger partial charge in [0.25, 0.3) is 0 Å². The molecular weight excluding hydrogens is 270 g/mol. The minimum Gasteiger partial charge on any atom is -0.477 e. The van der Waals surface area contributed by atoms with Crippen molar-refractivity contribution in [2.45, 2.75) is 32.9 Å². The fourth-order valence-corrected chi connectivity index (χ4v) is 2.71. The van der Waals surface area contributed by atoms with Gasteiger partial charge in [0.1, 0.15) is 12.2 Å². The predicted octanol–water partition coefficient (Wildman–Crippen LogP) is 1.03. The number of nitrogens with zero attached hydrogens (tertiary/aromatic N) is 2. The van der Waals surface area contributed by atoms with Crippen LogP contribution in [-0.4, -0.2) is 52.1 Å². The summed E-state index contributed by atoms with van der Waals surface area (Å²) in [6.07, 6.45) is 2.71. The van der Waals surface area contributed by atoms with Crippen molar-refractivity contribution in [1.82, 2.24) is 14.8 Å². The minimum atomic E-state index is -1.02. The molecule has 2 rings (SSSR count). The molecule has 1 atom stereocenters. The summed E-state index contributed by atoms with van der Waals surface area (Å²) in [5.74, 6) is -0.673. The molecule has 1 aromatic heterocycles. The molecule has 21 heavy (non-hydrogen) atoms. The summed E-state index contributed by atoms with van der Waals surface area (Å²) in [5.41, 5.74) is 0.136. The van der Waals surface area contributed by atoms with Crippen LogP contribution in [0.4, 0.5) is 0 Å². The molecule has 1 saturated heterocycles. The highest BCUT2D eigenvalue weighted by Crippen LogP contribution is 2.17. The number of carboxylic acid groups (broad SMARTS) is 1. The third kappa shape index (κ3) is 4.07. The smallest absolute Gasteiger partial charge is 0.352 e. The first-order valence-electron chi connectivity index (χ1n) is 7.36. The molecule has 1 amide bonds. The Labute approximate surface area is 124 Å². The maximum atomic E-state index is 11.9. The van der Waals surface area contributed by atoms with E-state index in [2.05, 4.69) is 24.1 Å². The lowest BCUT2D eigenvalue weighted by molar-refractivity contribution is -0.121. The Bertz CT molecular complexity index is 510. The Hall–Kier alpha value is -1.82. The van der Waals surface area contributed by atoms with Crippen molar-refractivity contribution < 1.29 is 14.7 Å². The van der Waals surface area contributed by atoms with Crippen molar-refractivity contribution in [2.24, 2.45) is 5.92 Å². The molecule has 0 aromatic carbocycles. The van der Waals surface area contributed by atoms with Gasteiger partial charge in [0.05, 0.1) is 0 Å². The Balaban J connectivity index is 1.78. The highest BCUT2D eigenvalue weighted by atomic mass is 16.4. The summed E-state index contributed by atoms with van der Waals surface area (Å²) < 4.78 is 1.45. The first-order chi connectivity index (χ1) is 9.97. The van der Waals surface area contributed by atoms with E-state index < -0.39 is 5.97 Å². The molecule has 6 nitrogen and oxygen atoms in total. The number of aromatic carboxylic acids is 1. The zero-order chi connectivity index (χ0) is 15.4. The van der Waals surface area contributed by atoms with Crippen LogP contribution in [0.3, 0.4) is 0 Å². The fourth-order valence-electron chi connectivity index (χ4n) is 2.71. The first kappa shape index (κ1) is 15.6. The number of aromatic nitrogens is 1. The van der Waals surface area contributed by atoms with Gasteiger partial charge in [-0.1, -0.05) is 0 Å². The molecule has 1 aliphatic heterocycles. The summed E-state index contributed by atoms with van der Waals surface area (Å²) in [6.45, 7) is 7.17. The summed E-state index contributed by atoms with van der Waals surface area (Å²) in [7, 11) is 0. The number of carbonyl (C=O) groups is 2. The maximum Gasteiger partial charge on any atom is 0.352 e. The maximum absolute atomic E-state index is 11.9. The number of carboxylic acids is 1. The topological polar surface area (TPSA) is 74.6 Å². The van der Waals surface area contributed by atoms with E-state index in [-0.39, 0.29) is 18.1 Å². The Kier molecular flexibility index (Phi) is 5.01. The lowest BCUT2D eigenvalue weighted by Crippen LogP contribution is -2.34. The molecule has 1 aromatic rings. The molecule has 0 spiro atoms. The second-order valence-corrected chi connectivity index (χ2v) is 5.87. The van der Waals surface area contributed by atoms with Crippen molar-refractivity contribution >= 4 is 11.9 Å². The number of likely N-dealkylation sites (tertiary alicyclic amines) is 1. The van der Waals surface area contributed by atoms with Crippen molar-refractivity contribution in [3.05, 3.63) is 24.0 Å². The third-order valence-electron chi connectivity index (χ3n) is 4.00. The van der Waals surface area contributed by atoms with Gasteiger partial charge in [0, 0.05) is 25.3 Å². The quantitative estimate of drug-likeness (QED) is 0.821. The number of amides is 1. The zero-order valence-corrected chi connectivity index (χ0v) is 12.6. The molecule has 0 aliphatic carbocycles. The Morgan fingerprint density at radius 3 is 2.86 bits per heavy atom. The normalized spacial score (nSPS) is 19.1. The van der Waals surface area contributed by atoms with Crippen molar-refractivity contribution in [3.63, 3.8) is 0 Å². The lowest BCUT2D eigenvalue weighted by Gasteiger charge is -2.20. The van der Waals surface area contributed by atoms with Gasteiger partial charge in [0.15, 0.2) is 0 Å². The lowest BCUT2D eigenvalue weighted by atomic mass is 10.1. The van der Waals surface area contributed by atoms with Crippen LogP contribution >= 0.6 is 0 Å². The van der Waals surface area contributed by atoms with Crippen LogP contribution in [0, 0.1) is 5.92 Å². The van der Waals surface area contributed by atoms with Crippen LogP contribution in [0.2, 0.25) is 0 Å². The monoisotopic (exact) mass is 293 g/mol. The SMILES string of the molecule is CC(C)N1CCC(CNC(=O)Cn2cccc2C(=O)O)C1. The minimum absolute atomic E-state index is 0.0508. The van der Waals surface area contributed by atoms with Crippen LogP contribution < -0.4 is 5.32 Å². The summed E-state index contributed by atoms with van der Waals surface area (Å²) in [4.78, 5) is 25.3. The molecule has 0 radical (unpaired) electrons. The largest absolute Gasteiger partial charge is 0.477 e. The number of hydrogen-bond donors (Lipinski definition) is 2. The van der Waals surface area contributed by atoms with E-state index in [0.29, 0.717) is 18.5 Å². The van der Waals surface area contributed by atoms with Gasteiger partial charge in [0.2, 0.25) is 5.91 Å².